The van der Waals surface area contributed by atoms with Crippen molar-refractivity contribution in [2.75, 3.05) is 19.6 Å². The molecular weight excluding hydrogens is 224 g/mol. The van der Waals surface area contributed by atoms with Gasteiger partial charge in [0.15, 0.2) is 0 Å². The normalized spacial score (nSPS) is 24.6. The summed E-state index contributed by atoms with van der Waals surface area (Å²) in [7, 11) is 0. The Morgan fingerprint density at radius 2 is 2.11 bits per heavy atom. The Kier molecular flexibility index (Phi) is 5.20. The average molecular weight is 254 g/mol. The van der Waals surface area contributed by atoms with Gasteiger partial charge < -0.3 is 10.6 Å². The highest BCUT2D eigenvalue weighted by Crippen LogP contribution is 2.32. The summed E-state index contributed by atoms with van der Waals surface area (Å²) in [5.74, 6) is 0.824. The Labute approximate surface area is 112 Å². The van der Waals surface area contributed by atoms with Crippen LogP contribution in [0.3, 0.4) is 0 Å². The fraction of sp³-hybridized carbons (Fsp3) is 0.933. The summed E-state index contributed by atoms with van der Waals surface area (Å²) in [5, 5.41) is 6.53. The van der Waals surface area contributed by atoms with Gasteiger partial charge in [-0.3, -0.25) is 4.79 Å². The zero-order valence-electron chi connectivity index (χ0n) is 12.7. The van der Waals surface area contributed by atoms with Crippen molar-refractivity contribution < 1.29 is 4.79 Å². The minimum absolute atomic E-state index is 0.151. The maximum absolute atomic E-state index is 12.5. The molecule has 106 valence electrons. The summed E-state index contributed by atoms with van der Waals surface area (Å²) >= 11 is 0. The summed E-state index contributed by atoms with van der Waals surface area (Å²) in [5.41, 5.74) is 0.0108. The first-order chi connectivity index (χ1) is 8.34. The van der Waals surface area contributed by atoms with Crippen LogP contribution >= 0.6 is 0 Å². The van der Waals surface area contributed by atoms with E-state index in [4.69, 9.17) is 0 Å². The van der Waals surface area contributed by atoms with Crippen LogP contribution in [0.15, 0.2) is 0 Å². The Balaban J connectivity index is 2.58. The molecule has 1 aliphatic rings. The van der Waals surface area contributed by atoms with Gasteiger partial charge in [0.1, 0.15) is 0 Å². The highest BCUT2D eigenvalue weighted by Gasteiger charge is 2.40. The van der Waals surface area contributed by atoms with Crippen molar-refractivity contribution in [1.82, 2.24) is 10.6 Å². The first-order valence-electron chi connectivity index (χ1n) is 7.33. The number of hydrogen-bond donors (Lipinski definition) is 2. The SMILES string of the molecule is CCCC1(C(=O)NCC(C)(C)C(C)C)CCNC1. The topological polar surface area (TPSA) is 41.1 Å². The van der Waals surface area contributed by atoms with Gasteiger partial charge in [-0.2, -0.15) is 0 Å². The summed E-state index contributed by atoms with van der Waals surface area (Å²) in [6, 6.07) is 0. The molecule has 1 saturated heterocycles. The minimum Gasteiger partial charge on any atom is -0.355 e. The first-order valence-corrected chi connectivity index (χ1v) is 7.33. The molecule has 1 aliphatic heterocycles. The molecule has 0 aromatic carbocycles. The lowest BCUT2D eigenvalue weighted by Crippen LogP contribution is -2.46. The van der Waals surface area contributed by atoms with Gasteiger partial charge in [0, 0.05) is 13.1 Å². The van der Waals surface area contributed by atoms with E-state index in [2.05, 4.69) is 45.3 Å². The van der Waals surface area contributed by atoms with Crippen molar-refractivity contribution in [2.45, 2.75) is 53.9 Å². The molecule has 1 heterocycles. The molecule has 1 rings (SSSR count). The van der Waals surface area contributed by atoms with Gasteiger partial charge in [-0.1, -0.05) is 41.0 Å². The highest BCUT2D eigenvalue weighted by molar-refractivity contribution is 5.83. The number of rotatable bonds is 6. The summed E-state index contributed by atoms with van der Waals surface area (Å²) in [6.07, 6.45) is 3.05. The Bertz CT molecular complexity index is 278. The lowest BCUT2D eigenvalue weighted by molar-refractivity contribution is -0.131. The number of hydrogen-bond acceptors (Lipinski definition) is 2. The van der Waals surface area contributed by atoms with Crippen molar-refractivity contribution >= 4 is 5.91 Å². The molecule has 0 spiro atoms. The molecule has 3 nitrogen and oxygen atoms in total. The molecule has 2 N–H and O–H groups in total. The second-order valence-corrected chi connectivity index (χ2v) is 6.78. The third kappa shape index (κ3) is 3.47. The van der Waals surface area contributed by atoms with Gasteiger partial charge in [0.2, 0.25) is 5.91 Å². The van der Waals surface area contributed by atoms with Crippen LogP contribution in [0.25, 0.3) is 0 Å². The van der Waals surface area contributed by atoms with E-state index in [1.165, 1.54) is 0 Å². The van der Waals surface area contributed by atoms with Crippen LogP contribution in [0.4, 0.5) is 0 Å². The van der Waals surface area contributed by atoms with Crippen LogP contribution in [0.2, 0.25) is 0 Å². The second-order valence-electron chi connectivity index (χ2n) is 6.78. The molecule has 1 amide bonds. The zero-order chi connectivity index (χ0) is 13.8. The van der Waals surface area contributed by atoms with Crippen LogP contribution in [0, 0.1) is 16.7 Å². The molecule has 0 bridgehead atoms. The van der Waals surface area contributed by atoms with Gasteiger partial charge >= 0.3 is 0 Å². The van der Waals surface area contributed by atoms with Crippen molar-refractivity contribution in [3.8, 4) is 0 Å². The number of amides is 1. The van der Waals surface area contributed by atoms with Gasteiger partial charge in [0.25, 0.3) is 0 Å². The number of carbonyl (C=O) groups excluding carboxylic acids is 1. The predicted molar refractivity (Wildman–Crippen MR) is 76.5 cm³/mol. The maximum Gasteiger partial charge on any atom is 0.227 e. The van der Waals surface area contributed by atoms with Crippen molar-refractivity contribution in [3.63, 3.8) is 0 Å². The molecule has 0 aliphatic carbocycles. The van der Waals surface area contributed by atoms with Gasteiger partial charge in [-0.15, -0.1) is 0 Å². The fourth-order valence-electron chi connectivity index (χ4n) is 2.44. The third-order valence-electron chi connectivity index (χ3n) is 4.72. The molecule has 0 aromatic heterocycles. The number of nitrogens with one attached hydrogen (secondary N) is 2. The average Bonchev–Trinajstić information content (AvgIpc) is 2.76. The number of carbonyl (C=O) groups is 1. The van der Waals surface area contributed by atoms with Crippen molar-refractivity contribution in [1.29, 1.82) is 0 Å². The monoisotopic (exact) mass is 254 g/mol. The lowest BCUT2D eigenvalue weighted by Gasteiger charge is -2.33. The zero-order valence-corrected chi connectivity index (χ0v) is 12.7. The molecule has 1 atom stereocenters. The molecule has 18 heavy (non-hydrogen) atoms. The smallest absolute Gasteiger partial charge is 0.227 e. The maximum atomic E-state index is 12.5. The quantitative estimate of drug-likeness (QED) is 0.765. The van der Waals surface area contributed by atoms with E-state index >= 15 is 0 Å². The van der Waals surface area contributed by atoms with E-state index < -0.39 is 0 Å². The Morgan fingerprint density at radius 3 is 2.56 bits per heavy atom. The van der Waals surface area contributed by atoms with E-state index in [1.54, 1.807) is 0 Å². The van der Waals surface area contributed by atoms with Crippen LogP contribution in [0.5, 0.6) is 0 Å². The fourth-order valence-corrected chi connectivity index (χ4v) is 2.44. The van der Waals surface area contributed by atoms with E-state index in [0.717, 1.165) is 38.9 Å². The van der Waals surface area contributed by atoms with Crippen LogP contribution in [0.1, 0.15) is 53.9 Å². The Hall–Kier alpha value is -0.570. The molecule has 3 heteroatoms. The van der Waals surface area contributed by atoms with Gasteiger partial charge in [-0.05, 0) is 30.7 Å². The molecule has 0 aromatic rings. The molecule has 0 radical (unpaired) electrons. The van der Waals surface area contributed by atoms with Crippen LogP contribution in [-0.4, -0.2) is 25.5 Å². The van der Waals surface area contributed by atoms with Crippen molar-refractivity contribution in [2.24, 2.45) is 16.7 Å². The summed E-state index contributed by atoms with van der Waals surface area (Å²) in [6.45, 7) is 13.6. The summed E-state index contributed by atoms with van der Waals surface area (Å²) < 4.78 is 0. The molecule has 1 fully saturated rings. The van der Waals surface area contributed by atoms with E-state index in [1.807, 2.05) is 0 Å². The lowest BCUT2D eigenvalue weighted by atomic mass is 9.79. The van der Waals surface area contributed by atoms with Crippen molar-refractivity contribution in [3.05, 3.63) is 0 Å². The van der Waals surface area contributed by atoms with Crippen LogP contribution in [-0.2, 0) is 4.79 Å². The largest absolute Gasteiger partial charge is 0.355 e. The highest BCUT2D eigenvalue weighted by atomic mass is 16.2. The van der Waals surface area contributed by atoms with E-state index in [9.17, 15) is 4.79 Å². The molecule has 1 unspecified atom stereocenters. The second kappa shape index (κ2) is 6.05. The minimum atomic E-state index is -0.151. The Morgan fingerprint density at radius 1 is 1.44 bits per heavy atom. The van der Waals surface area contributed by atoms with Gasteiger partial charge in [0.05, 0.1) is 5.41 Å². The predicted octanol–water partition coefficient (Wildman–Crippen LogP) is 2.56. The summed E-state index contributed by atoms with van der Waals surface area (Å²) in [4.78, 5) is 12.5. The standard InChI is InChI=1S/C15H30N2O/c1-6-7-15(8-9-16-11-15)13(18)17-10-14(4,5)12(2)3/h12,16H,6-11H2,1-5H3,(H,17,18). The first kappa shape index (κ1) is 15.5. The van der Waals surface area contributed by atoms with Crippen LogP contribution < -0.4 is 10.6 Å². The molecular formula is C15H30N2O. The molecule has 0 saturated carbocycles. The third-order valence-corrected chi connectivity index (χ3v) is 4.72. The van der Waals surface area contributed by atoms with Gasteiger partial charge in [-0.25, -0.2) is 0 Å². The van der Waals surface area contributed by atoms with E-state index in [0.29, 0.717) is 5.92 Å². The van der Waals surface area contributed by atoms with E-state index in [-0.39, 0.29) is 16.7 Å².